The highest BCUT2D eigenvalue weighted by molar-refractivity contribution is 6.30. The predicted octanol–water partition coefficient (Wildman–Crippen LogP) is 5.09. The van der Waals surface area contributed by atoms with Crippen molar-refractivity contribution in [3.8, 4) is 22.6 Å². The molecule has 8 heteroatoms. The van der Waals surface area contributed by atoms with E-state index >= 15 is 0 Å². The van der Waals surface area contributed by atoms with Gasteiger partial charge < -0.3 is 15.2 Å². The monoisotopic (exact) mass is 478 g/mol. The van der Waals surface area contributed by atoms with E-state index in [0.29, 0.717) is 39.8 Å². The van der Waals surface area contributed by atoms with Crippen molar-refractivity contribution in [2.24, 2.45) is 0 Å². The first-order valence-electron chi connectivity index (χ1n) is 11.7. The number of benzene rings is 1. The maximum absolute atomic E-state index is 14.5. The number of rotatable bonds is 6. The van der Waals surface area contributed by atoms with Crippen LogP contribution in [0, 0.1) is 5.82 Å². The van der Waals surface area contributed by atoms with Gasteiger partial charge in [-0.15, -0.1) is 0 Å². The number of fused-ring (bicyclic) bond motifs is 1. The molecule has 1 aliphatic rings. The van der Waals surface area contributed by atoms with Gasteiger partial charge in [-0.25, -0.2) is 14.4 Å². The van der Waals surface area contributed by atoms with E-state index in [1.807, 2.05) is 18.3 Å². The van der Waals surface area contributed by atoms with Crippen molar-refractivity contribution in [1.82, 2.24) is 30.2 Å². The van der Waals surface area contributed by atoms with Crippen LogP contribution in [0.3, 0.4) is 0 Å². The van der Waals surface area contributed by atoms with Crippen LogP contribution in [0.4, 0.5) is 4.39 Å². The number of hydrogen-bond acceptors (Lipinski definition) is 5. The van der Waals surface area contributed by atoms with Gasteiger partial charge in [0.25, 0.3) is 0 Å². The molecule has 0 bridgehead atoms. The van der Waals surface area contributed by atoms with Crippen molar-refractivity contribution in [3.05, 3.63) is 65.3 Å². The molecule has 5 rings (SSSR count). The van der Waals surface area contributed by atoms with Crippen LogP contribution in [0.25, 0.3) is 33.7 Å². The van der Waals surface area contributed by atoms with Gasteiger partial charge in [0.05, 0.1) is 28.7 Å². The van der Waals surface area contributed by atoms with Gasteiger partial charge in [-0.3, -0.25) is 4.98 Å². The number of aromatic amines is 1. The van der Waals surface area contributed by atoms with Gasteiger partial charge in [-0.2, -0.15) is 0 Å². The number of H-pyrrole nitrogens is 1. The Morgan fingerprint density at radius 2 is 1.88 bits per heavy atom. The zero-order valence-corrected chi connectivity index (χ0v) is 20.1. The first-order chi connectivity index (χ1) is 16.5. The number of nitrogens with zero attached hydrogens (tertiary/aromatic N) is 4. The molecule has 34 heavy (non-hydrogen) atoms. The summed E-state index contributed by atoms with van der Waals surface area (Å²) in [5.74, 6) is -0.379. The van der Waals surface area contributed by atoms with Crippen LogP contribution in [-0.2, 0) is 6.42 Å². The maximum atomic E-state index is 14.5. The summed E-state index contributed by atoms with van der Waals surface area (Å²) in [5, 5.41) is 4.03. The van der Waals surface area contributed by atoms with E-state index in [0.717, 1.165) is 43.5 Å². The molecule has 1 aliphatic heterocycles. The van der Waals surface area contributed by atoms with E-state index < -0.39 is 0 Å². The molecule has 0 spiro atoms. The Balaban J connectivity index is 1.35. The highest BCUT2D eigenvalue weighted by Gasteiger charge is 2.20. The zero-order chi connectivity index (χ0) is 23.7. The minimum atomic E-state index is -0.379. The molecule has 0 aliphatic carbocycles. The maximum Gasteiger partial charge on any atom is 0.132 e. The van der Waals surface area contributed by atoms with Crippen molar-refractivity contribution in [1.29, 1.82) is 0 Å². The summed E-state index contributed by atoms with van der Waals surface area (Å²) in [6.07, 6.45) is 5.51. The molecule has 1 aromatic carbocycles. The number of nitrogens with one attached hydrogen (secondary N) is 2. The van der Waals surface area contributed by atoms with Crippen LogP contribution in [0.15, 0.2) is 48.9 Å². The third-order valence-corrected chi connectivity index (χ3v) is 6.48. The number of halogens is 2. The topological polar surface area (TPSA) is 69.7 Å². The van der Waals surface area contributed by atoms with Crippen molar-refractivity contribution >= 4 is 22.6 Å². The molecule has 0 saturated carbocycles. The predicted molar refractivity (Wildman–Crippen MR) is 134 cm³/mol. The Hall–Kier alpha value is -2.87. The molecule has 1 saturated heterocycles. The van der Waals surface area contributed by atoms with Crippen molar-refractivity contribution < 1.29 is 4.39 Å². The Morgan fingerprint density at radius 1 is 1.06 bits per heavy atom. The fourth-order valence-electron chi connectivity index (χ4n) is 4.83. The smallest absolute Gasteiger partial charge is 0.132 e. The molecular weight excluding hydrogens is 451 g/mol. The summed E-state index contributed by atoms with van der Waals surface area (Å²) in [5.41, 5.74) is 4.96. The second-order valence-corrected chi connectivity index (χ2v) is 9.60. The molecular formula is C26H28ClFN6. The second kappa shape index (κ2) is 9.78. The quantitative estimate of drug-likeness (QED) is 0.403. The van der Waals surface area contributed by atoms with Crippen molar-refractivity contribution in [2.75, 3.05) is 19.6 Å². The normalized spacial score (nSPS) is 19.1. The Labute approximate surface area is 203 Å². The number of pyridine rings is 2. The molecule has 3 aromatic heterocycles. The van der Waals surface area contributed by atoms with Gasteiger partial charge in [0.2, 0.25) is 0 Å². The second-order valence-electron chi connectivity index (χ2n) is 9.16. The number of aromatic nitrogens is 4. The largest absolute Gasteiger partial charge is 0.343 e. The van der Waals surface area contributed by atoms with E-state index in [-0.39, 0.29) is 5.82 Å². The first kappa shape index (κ1) is 22.9. The number of imidazole rings is 1. The highest BCUT2D eigenvalue weighted by Crippen LogP contribution is 2.32. The minimum Gasteiger partial charge on any atom is -0.343 e. The summed E-state index contributed by atoms with van der Waals surface area (Å²) < 4.78 is 14.5. The van der Waals surface area contributed by atoms with Crippen LogP contribution in [0.5, 0.6) is 0 Å². The van der Waals surface area contributed by atoms with Crippen LogP contribution in [-0.4, -0.2) is 56.6 Å². The number of aryl methyl sites for hydroxylation is 1. The molecule has 4 aromatic rings. The number of hydrogen-bond donors (Lipinski definition) is 2. The lowest BCUT2D eigenvalue weighted by atomic mass is 10.1. The first-order valence-corrected chi connectivity index (χ1v) is 12.1. The minimum absolute atomic E-state index is 0.342. The summed E-state index contributed by atoms with van der Waals surface area (Å²) in [7, 11) is 0. The van der Waals surface area contributed by atoms with E-state index in [4.69, 9.17) is 16.6 Å². The molecule has 2 atom stereocenters. The summed E-state index contributed by atoms with van der Waals surface area (Å²) in [4.78, 5) is 19.4. The SMILES string of the molecule is C[C@@H]1CN(CCCc2cnc3ccc(-c4[nH]cnc4-c4cc(Cl)ccc4F)nc3c2)C[C@H](C)N1. The molecule has 1 fully saturated rings. The molecule has 4 heterocycles. The fraction of sp³-hybridized carbons (Fsp3) is 0.346. The summed E-state index contributed by atoms with van der Waals surface area (Å²) in [6, 6.07) is 11.4. The van der Waals surface area contributed by atoms with Crippen LogP contribution in [0.2, 0.25) is 5.02 Å². The van der Waals surface area contributed by atoms with E-state index in [1.165, 1.54) is 17.7 Å². The molecule has 0 unspecified atom stereocenters. The van der Waals surface area contributed by atoms with Crippen LogP contribution < -0.4 is 5.32 Å². The highest BCUT2D eigenvalue weighted by atomic mass is 35.5. The zero-order valence-electron chi connectivity index (χ0n) is 19.4. The third-order valence-electron chi connectivity index (χ3n) is 6.25. The summed E-state index contributed by atoms with van der Waals surface area (Å²) >= 11 is 6.10. The lowest BCUT2D eigenvalue weighted by Gasteiger charge is -2.36. The van der Waals surface area contributed by atoms with Crippen molar-refractivity contribution in [2.45, 2.75) is 38.8 Å². The van der Waals surface area contributed by atoms with Gasteiger partial charge in [0, 0.05) is 42.0 Å². The van der Waals surface area contributed by atoms with Crippen LogP contribution >= 0.6 is 11.6 Å². The third kappa shape index (κ3) is 4.97. The lowest BCUT2D eigenvalue weighted by molar-refractivity contribution is 0.172. The van der Waals surface area contributed by atoms with Gasteiger partial charge >= 0.3 is 0 Å². The van der Waals surface area contributed by atoms with E-state index in [1.54, 1.807) is 12.4 Å². The lowest BCUT2D eigenvalue weighted by Crippen LogP contribution is -2.54. The fourth-order valence-corrected chi connectivity index (χ4v) is 5.00. The van der Waals surface area contributed by atoms with E-state index in [9.17, 15) is 4.39 Å². The Bertz CT molecular complexity index is 1300. The van der Waals surface area contributed by atoms with Gasteiger partial charge in [0.1, 0.15) is 11.5 Å². The molecule has 0 amide bonds. The average molecular weight is 479 g/mol. The Kier molecular flexibility index (Phi) is 6.59. The van der Waals surface area contributed by atoms with Gasteiger partial charge in [-0.05, 0) is 75.2 Å². The number of piperazine rings is 1. The van der Waals surface area contributed by atoms with Gasteiger partial charge in [-0.1, -0.05) is 11.6 Å². The molecule has 6 nitrogen and oxygen atoms in total. The van der Waals surface area contributed by atoms with E-state index in [2.05, 4.69) is 45.1 Å². The van der Waals surface area contributed by atoms with Crippen molar-refractivity contribution in [3.63, 3.8) is 0 Å². The van der Waals surface area contributed by atoms with Gasteiger partial charge in [0.15, 0.2) is 0 Å². The molecule has 2 N–H and O–H groups in total. The van der Waals surface area contributed by atoms with Crippen LogP contribution in [0.1, 0.15) is 25.8 Å². The molecule has 0 radical (unpaired) electrons. The summed E-state index contributed by atoms with van der Waals surface area (Å²) in [6.45, 7) is 7.73. The average Bonchev–Trinajstić information content (AvgIpc) is 3.29. The Morgan fingerprint density at radius 3 is 2.71 bits per heavy atom. The standard InChI is InChI=1S/C26H28ClFN6/c1-16-13-34(14-17(2)32-16)9-3-4-18-10-24-22(29-12-18)7-8-23(33-24)26-25(30-15-31-26)20-11-19(27)5-6-21(20)28/h5-8,10-12,15-17,32H,3-4,9,13-14H2,1-2H3,(H,30,31)/t16-,17+. The molecule has 176 valence electrons.